The van der Waals surface area contributed by atoms with Crippen molar-refractivity contribution in [3.8, 4) is 0 Å². The van der Waals surface area contributed by atoms with E-state index in [0.717, 1.165) is 6.42 Å². The molecule has 0 bridgehead atoms. The molecule has 0 aromatic heterocycles. The van der Waals surface area contributed by atoms with Crippen molar-refractivity contribution in [1.82, 2.24) is 4.31 Å². The summed E-state index contributed by atoms with van der Waals surface area (Å²) in [6, 6.07) is 0. The minimum Gasteiger partial charge on any atom is -0.380 e. The summed E-state index contributed by atoms with van der Waals surface area (Å²) in [6.45, 7) is 4.12. The minimum atomic E-state index is -3.13. The Kier molecular flexibility index (Phi) is 3.13. The molecule has 86 valence electrons. The molecular weight excluding hydrogens is 214 g/mol. The zero-order chi connectivity index (χ0) is 10.9. The molecule has 0 aliphatic carbocycles. The maximum Gasteiger partial charge on any atom is 0.219 e. The lowest BCUT2D eigenvalue weighted by Crippen LogP contribution is -2.37. The molecule has 5 heteroatoms. The fourth-order valence-electron chi connectivity index (χ4n) is 2.00. The van der Waals surface area contributed by atoms with Gasteiger partial charge in [-0.3, -0.25) is 0 Å². The van der Waals surface area contributed by atoms with Gasteiger partial charge in [0.1, 0.15) is 5.25 Å². The predicted molar refractivity (Wildman–Crippen MR) is 58.1 cm³/mol. The van der Waals surface area contributed by atoms with Crippen molar-refractivity contribution in [2.45, 2.75) is 25.0 Å². The Morgan fingerprint density at radius 1 is 1.60 bits per heavy atom. The van der Waals surface area contributed by atoms with E-state index < -0.39 is 10.0 Å². The van der Waals surface area contributed by atoms with Crippen LogP contribution in [0.1, 0.15) is 19.8 Å². The Balaban J connectivity index is 2.05. The lowest BCUT2D eigenvalue weighted by molar-refractivity contribution is 0.198. The van der Waals surface area contributed by atoms with E-state index in [1.807, 2.05) is 6.08 Å². The third-order valence-electron chi connectivity index (χ3n) is 3.09. The van der Waals surface area contributed by atoms with E-state index in [9.17, 15) is 8.42 Å². The Hall–Kier alpha value is -0.390. The molecule has 15 heavy (non-hydrogen) atoms. The van der Waals surface area contributed by atoms with Gasteiger partial charge in [0.25, 0.3) is 0 Å². The van der Waals surface area contributed by atoms with E-state index >= 15 is 0 Å². The van der Waals surface area contributed by atoms with Crippen molar-refractivity contribution >= 4 is 10.0 Å². The molecule has 2 heterocycles. The van der Waals surface area contributed by atoms with Crippen LogP contribution in [0.15, 0.2) is 11.6 Å². The smallest absolute Gasteiger partial charge is 0.219 e. The quantitative estimate of drug-likeness (QED) is 0.674. The van der Waals surface area contributed by atoms with Gasteiger partial charge in [-0.25, -0.2) is 8.42 Å². The molecule has 0 radical (unpaired) electrons. The van der Waals surface area contributed by atoms with Crippen molar-refractivity contribution < 1.29 is 13.2 Å². The van der Waals surface area contributed by atoms with Crippen LogP contribution in [0.25, 0.3) is 0 Å². The van der Waals surface area contributed by atoms with Gasteiger partial charge < -0.3 is 4.74 Å². The molecule has 4 nitrogen and oxygen atoms in total. The van der Waals surface area contributed by atoms with Gasteiger partial charge in [0.2, 0.25) is 10.0 Å². The SMILES string of the molecule is CCC1=CCN(S(=O)(=O)C2CCOC2)C1. The topological polar surface area (TPSA) is 46.6 Å². The molecule has 2 aliphatic rings. The number of hydrogen-bond acceptors (Lipinski definition) is 3. The summed E-state index contributed by atoms with van der Waals surface area (Å²) >= 11 is 0. The summed E-state index contributed by atoms with van der Waals surface area (Å²) in [5, 5.41) is -0.317. The fraction of sp³-hybridized carbons (Fsp3) is 0.800. The van der Waals surface area contributed by atoms with Gasteiger partial charge in [0, 0.05) is 19.7 Å². The molecule has 0 N–H and O–H groups in total. The second-order valence-electron chi connectivity index (χ2n) is 4.04. The summed E-state index contributed by atoms with van der Waals surface area (Å²) < 4.78 is 30.9. The lowest BCUT2D eigenvalue weighted by Gasteiger charge is -2.20. The van der Waals surface area contributed by atoms with Crippen LogP contribution < -0.4 is 0 Å². The van der Waals surface area contributed by atoms with Crippen LogP contribution in [-0.4, -0.2) is 44.3 Å². The Labute approximate surface area is 91.0 Å². The number of sulfonamides is 1. The standard InChI is InChI=1S/C10H17NO3S/c1-2-9-3-5-11(7-9)15(12,13)10-4-6-14-8-10/h3,10H,2,4-8H2,1H3. The van der Waals surface area contributed by atoms with Gasteiger partial charge in [-0.1, -0.05) is 18.6 Å². The first-order valence-electron chi connectivity index (χ1n) is 5.39. The maximum absolute atomic E-state index is 12.1. The van der Waals surface area contributed by atoms with Gasteiger partial charge in [-0.2, -0.15) is 4.31 Å². The van der Waals surface area contributed by atoms with Gasteiger partial charge in [0.15, 0.2) is 0 Å². The van der Waals surface area contributed by atoms with Crippen molar-refractivity contribution in [2.75, 3.05) is 26.3 Å². The molecule has 1 fully saturated rings. The predicted octanol–water partition coefficient (Wildman–Crippen LogP) is 0.757. The summed E-state index contributed by atoms with van der Waals surface area (Å²) in [7, 11) is -3.13. The Bertz CT molecular complexity index is 355. The van der Waals surface area contributed by atoms with E-state index in [4.69, 9.17) is 4.74 Å². The second-order valence-corrected chi connectivity index (χ2v) is 6.25. The number of ether oxygens (including phenoxy) is 1. The second kappa shape index (κ2) is 4.23. The third-order valence-corrected chi connectivity index (χ3v) is 5.30. The highest BCUT2D eigenvalue weighted by molar-refractivity contribution is 7.89. The van der Waals surface area contributed by atoms with Crippen LogP contribution in [0.3, 0.4) is 0 Å². The molecule has 1 saturated heterocycles. The molecule has 1 unspecified atom stereocenters. The summed E-state index contributed by atoms with van der Waals surface area (Å²) in [4.78, 5) is 0. The highest BCUT2D eigenvalue weighted by Crippen LogP contribution is 2.22. The zero-order valence-corrected chi connectivity index (χ0v) is 9.79. The van der Waals surface area contributed by atoms with E-state index in [0.29, 0.717) is 32.7 Å². The highest BCUT2D eigenvalue weighted by atomic mass is 32.2. The summed E-state index contributed by atoms with van der Waals surface area (Å²) in [5.41, 5.74) is 1.22. The van der Waals surface area contributed by atoms with Crippen molar-refractivity contribution in [2.24, 2.45) is 0 Å². The van der Waals surface area contributed by atoms with Gasteiger partial charge in [-0.15, -0.1) is 0 Å². The fourth-order valence-corrected chi connectivity index (χ4v) is 3.71. The van der Waals surface area contributed by atoms with Crippen LogP contribution >= 0.6 is 0 Å². The average Bonchev–Trinajstić information content (AvgIpc) is 2.89. The first-order valence-corrected chi connectivity index (χ1v) is 6.89. The molecule has 1 atom stereocenters. The molecule has 0 saturated carbocycles. The van der Waals surface area contributed by atoms with Crippen LogP contribution in [0.5, 0.6) is 0 Å². The number of hydrogen-bond donors (Lipinski definition) is 0. The van der Waals surface area contributed by atoms with Crippen LogP contribution in [-0.2, 0) is 14.8 Å². The van der Waals surface area contributed by atoms with Crippen molar-refractivity contribution in [3.63, 3.8) is 0 Å². The van der Waals surface area contributed by atoms with Crippen molar-refractivity contribution in [3.05, 3.63) is 11.6 Å². The molecule has 2 rings (SSSR count). The van der Waals surface area contributed by atoms with Crippen LogP contribution in [0, 0.1) is 0 Å². The Morgan fingerprint density at radius 2 is 2.40 bits per heavy atom. The molecule has 0 aromatic rings. The van der Waals surface area contributed by atoms with Gasteiger partial charge >= 0.3 is 0 Å². The Morgan fingerprint density at radius 3 is 2.93 bits per heavy atom. The molecular formula is C10H17NO3S. The highest BCUT2D eigenvalue weighted by Gasteiger charge is 2.36. The molecule has 2 aliphatic heterocycles. The monoisotopic (exact) mass is 231 g/mol. The lowest BCUT2D eigenvalue weighted by atomic mass is 10.2. The third kappa shape index (κ3) is 2.09. The van der Waals surface area contributed by atoms with E-state index in [2.05, 4.69) is 6.92 Å². The van der Waals surface area contributed by atoms with Gasteiger partial charge in [-0.05, 0) is 12.8 Å². The summed E-state index contributed by atoms with van der Waals surface area (Å²) in [6.07, 6.45) is 3.60. The van der Waals surface area contributed by atoms with E-state index in [1.165, 1.54) is 5.57 Å². The van der Waals surface area contributed by atoms with Gasteiger partial charge in [0.05, 0.1) is 6.61 Å². The van der Waals surface area contributed by atoms with Crippen LogP contribution in [0.4, 0.5) is 0 Å². The van der Waals surface area contributed by atoms with E-state index in [-0.39, 0.29) is 5.25 Å². The molecule has 0 spiro atoms. The zero-order valence-electron chi connectivity index (χ0n) is 8.98. The molecule has 0 aromatic carbocycles. The largest absolute Gasteiger partial charge is 0.380 e. The number of rotatable bonds is 3. The summed E-state index contributed by atoms with van der Waals surface area (Å²) in [5.74, 6) is 0. The average molecular weight is 231 g/mol. The van der Waals surface area contributed by atoms with E-state index in [1.54, 1.807) is 4.31 Å². The first kappa shape index (κ1) is 11.1. The normalized spacial score (nSPS) is 28.3. The maximum atomic E-state index is 12.1. The van der Waals surface area contributed by atoms with Crippen molar-refractivity contribution in [1.29, 1.82) is 0 Å². The number of nitrogens with zero attached hydrogens (tertiary/aromatic N) is 1. The van der Waals surface area contributed by atoms with Crippen LogP contribution in [0.2, 0.25) is 0 Å². The minimum absolute atomic E-state index is 0.317. The molecule has 0 amide bonds. The first-order chi connectivity index (χ1) is 7.14.